The highest BCUT2D eigenvalue weighted by molar-refractivity contribution is 9.10. The van der Waals surface area contributed by atoms with Gasteiger partial charge in [0.25, 0.3) is 0 Å². The maximum absolute atomic E-state index is 14.1. The van der Waals surface area contributed by atoms with Crippen LogP contribution in [0.15, 0.2) is 83.3 Å². The molecule has 0 spiro atoms. The molecule has 0 aromatic heterocycles. The van der Waals surface area contributed by atoms with E-state index in [4.69, 9.17) is 0 Å². The molecule has 0 aliphatic rings. The van der Waals surface area contributed by atoms with E-state index in [1.54, 1.807) is 0 Å². The summed E-state index contributed by atoms with van der Waals surface area (Å²) in [6.07, 6.45) is 0.221. The Morgan fingerprint density at radius 2 is 1.50 bits per heavy atom. The van der Waals surface area contributed by atoms with Gasteiger partial charge in [0.15, 0.2) is 0 Å². The molecule has 0 saturated carbocycles. The lowest BCUT2D eigenvalue weighted by Crippen LogP contribution is -2.55. The van der Waals surface area contributed by atoms with Crippen LogP contribution in [-0.4, -0.2) is 62.2 Å². The molecule has 8 nitrogen and oxygen atoms in total. The monoisotopic (exact) mass is 632 g/mol. The maximum atomic E-state index is 14.1. The van der Waals surface area contributed by atoms with Crippen LogP contribution >= 0.6 is 15.9 Å². The molecule has 1 N–H and O–H groups in total. The fourth-order valence-corrected chi connectivity index (χ4v) is 5.37. The molecule has 1 atom stereocenters. The summed E-state index contributed by atoms with van der Waals surface area (Å²) < 4.78 is 43.1. The number of amides is 2. The van der Waals surface area contributed by atoms with Crippen molar-refractivity contribution >= 4 is 43.6 Å². The van der Waals surface area contributed by atoms with Crippen molar-refractivity contribution in [3.8, 4) is 0 Å². The predicted octanol–water partition coefficient (Wildman–Crippen LogP) is 4.37. The number of benzene rings is 3. The molecule has 0 radical (unpaired) electrons. The number of carbonyl (C=O) groups is 2. The Morgan fingerprint density at radius 3 is 2.05 bits per heavy atom. The van der Waals surface area contributed by atoms with E-state index >= 15 is 0 Å². The zero-order valence-electron chi connectivity index (χ0n) is 22.9. The van der Waals surface area contributed by atoms with Crippen molar-refractivity contribution in [1.82, 2.24) is 14.5 Å². The van der Waals surface area contributed by atoms with Crippen molar-refractivity contribution in [3.63, 3.8) is 0 Å². The molecule has 0 heterocycles. The molecular weight excluding hydrogens is 599 g/mol. The quantitative estimate of drug-likeness (QED) is 0.321. The Hall–Kier alpha value is -3.28. The first-order valence-electron chi connectivity index (χ1n) is 12.7. The van der Waals surface area contributed by atoms with E-state index < -0.39 is 34.5 Å². The van der Waals surface area contributed by atoms with E-state index in [-0.39, 0.29) is 30.6 Å². The van der Waals surface area contributed by atoms with Gasteiger partial charge in [0, 0.05) is 37.6 Å². The first-order chi connectivity index (χ1) is 18.9. The van der Waals surface area contributed by atoms with Crippen LogP contribution < -0.4 is 9.62 Å². The number of rotatable bonds is 12. The van der Waals surface area contributed by atoms with Gasteiger partial charge in [-0.25, -0.2) is 8.70 Å². The smallest absolute Gasteiger partial charge is 0.304 e. The van der Waals surface area contributed by atoms with Crippen LogP contribution in [0.25, 0.3) is 0 Å². The maximum Gasteiger partial charge on any atom is 0.304 e. The summed E-state index contributed by atoms with van der Waals surface area (Å²) in [4.78, 5) is 29.1. The van der Waals surface area contributed by atoms with Crippen LogP contribution in [-0.2, 0) is 32.8 Å². The summed E-state index contributed by atoms with van der Waals surface area (Å²) in [7, 11) is -1.44. The number of nitrogens with zero attached hydrogens (tertiary/aromatic N) is 3. The Morgan fingerprint density at radius 1 is 0.900 bits per heavy atom. The van der Waals surface area contributed by atoms with Crippen molar-refractivity contribution in [3.05, 3.63) is 100 Å². The number of nitrogens with one attached hydrogen (secondary N) is 1. The minimum atomic E-state index is -4.15. The third-order valence-corrected chi connectivity index (χ3v) is 8.45. The number of carbonyl (C=O) groups excluding carboxylic acids is 2. The van der Waals surface area contributed by atoms with Crippen LogP contribution in [0.1, 0.15) is 25.0 Å². The number of hydrogen-bond acceptors (Lipinski definition) is 4. The first kappa shape index (κ1) is 31.3. The highest BCUT2D eigenvalue weighted by Gasteiger charge is 2.34. The SMILES string of the molecule is CC(C)NC(=O)C(Cc1ccccc1)N(Cc1ccc(Br)cc1)C(=O)CN(c1ccc(F)cc1)S(=O)(=O)N(C)C. The average molecular weight is 634 g/mol. The van der Waals surface area contributed by atoms with Gasteiger partial charge in [0.2, 0.25) is 11.8 Å². The first-order valence-corrected chi connectivity index (χ1v) is 14.9. The van der Waals surface area contributed by atoms with Gasteiger partial charge in [0.1, 0.15) is 18.4 Å². The summed E-state index contributed by atoms with van der Waals surface area (Å²) >= 11 is 3.41. The minimum absolute atomic E-state index is 0.0639. The minimum Gasteiger partial charge on any atom is -0.352 e. The summed E-state index contributed by atoms with van der Waals surface area (Å²) in [5.41, 5.74) is 1.73. The Kier molecular flexibility index (Phi) is 10.8. The van der Waals surface area contributed by atoms with E-state index in [9.17, 15) is 22.4 Å². The van der Waals surface area contributed by atoms with Gasteiger partial charge in [-0.3, -0.25) is 9.59 Å². The summed E-state index contributed by atoms with van der Waals surface area (Å²) in [5, 5.41) is 2.91. The van der Waals surface area contributed by atoms with E-state index in [1.807, 2.05) is 68.4 Å². The van der Waals surface area contributed by atoms with E-state index in [0.717, 1.165) is 36.3 Å². The van der Waals surface area contributed by atoms with E-state index in [1.165, 1.54) is 31.1 Å². The molecule has 0 saturated heterocycles. The van der Waals surface area contributed by atoms with Crippen molar-refractivity contribution in [2.75, 3.05) is 24.9 Å². The molecule has 214 valence electrons. The second-order valence-corrected chi connectivity index (χ2v) is 12.8. The fourth-order valence-electron chi connectivity index (χ4n) is 4.05. The van der Waals surface area contributed by atoms with Crippen LogP contribution in [0.2, 0.25) is 0 Å². The molecule has 2 amide bonds. The van der Waals surface area contributed by atoms with Crippen molar-refractivity contribution in [1.29, 1.82) is 0 Å². The molecule has 0 fully saturated rings. The molecule has 0 aliphatic heterocycles. The second-order valence-electron chi connectivity index (χ2n) is 9.79. The lowest BCUT2D eigenvalue weighted by molar-refractivity contribution is -0.140. The van der Waals surface area contributed by atoms with Crippen molar-refractivity contribution in [2.45, 2.75) is 38.9 Å². The normalized spacial score (nSPS) is 12.3. The molecule has 40 heavy (non-hydrogen) atoms. The fraction of sp³-hybridized carbons (Fsp3) is 0.310. The third kappa shape index (κ3) is 8.36. The van der Waals surface area contributed by atoms with Gasteiger partial charge in [-0.05, 0) is 61.4 Å². The Labute approximate surface area is 244 Å². The number of halogens is 2. The topological polar surface area (TPSA) is 90.0 Å². The molecule has 0 bridgehead atoms. The number of anilines is 1. The predicted molar refractivity (Wildman–Crippen MR) is 158 cm³/mol. The second kappa shape index (κ2) is 13.9. The van der Waals surface area contributed by atoms with Crippen LogP contribution in [0.5, 0.6) is 0 Å². The van der Waals surface area contributed by atoms with Gasteiger partial charge in [0.05, 0.1) is 5.69 Å². The molecule has 1 unspecified atom stereocenters. The summed E-state index contributed by atoms with van der Waals surface area (Å²) in [6, 6.07) is 20.4. The lowest BCUT2D eigenvalue weighted by atomic mass is 10.0. The average Bonchev–Trinajstić information content (AvgIpc) is 2.90. The highest BCUT2D eigenvalue weighted by Crippen LogP contribution is 2.22. The largest absolute Gasteiger partial charge is 0.352 e. The molecule has 3 aromatic carbocycles. The summed E-state index contributed by atoms with van der Waals surface area (Å²) in [5.74, 6) is -1.48. The van der Waals surface area contributed by atoms with Crippen molar-refractivity contribution < 1.29 is 22.4 Å². The standard InChI is InChI=1S/C29H34BrFN4O4S/c1-21(2)32-29(37)27(18-22-8-6-5-7-9-22)34(19-23-10-12-24(30)13-11-23)28(36)20-35(40(38,39)33(3)4)26-16-14-25(31)15-17-26/h5-17,21,27H,18-20H2,1-4H3,(H,32,37). The van der Waals surface area contributed by atoms with Gasteiger partial charge in [-0.2, -0.15) is 12.7 Å². The Bertz CT molecular complexity index is 1390. The zero-order chi connectivity index (χ0) is 29.4. The van der Waals surface area contributed by atoms with Crippen LogP contribution in [0, 0.1) is 5.82 Å². The molecule has 3 aromatic rings. The van der Waals surface area contributed by atoms with Crippen molar-refractivity contribution in [2.24, 2.45) is 0 Å². The highest BCUT2D eigenvalue weighted by atomic mass is 79.9. The van der Waals surface area contributed by atoms with Crippen LogP contribution in [0.4, 0.5) is 10.1 Å². The van der Waals surface area contributed by atoms with Gasteiger partial charge >= 0.3 is 10.2 Å². The third-order valence-electron chi connectivity index (χ3n) is 6.10. The molecule has 3 rings (SSSR count). The van der Waals surface area contributed by atoms with E-state index in [0.29, 0.717) is 0 Å². The van der Waals surface area contributed by atoms with E-state index in [2.05, 4.69) is 21.2 Å². The van der Waals surface area contributed by atoms with Crippen LogP contribution in [0.3, 0.4) is 0 Å². The summed E-state index contributed by atoms with van der Waals surface area (Å²) in [6.45, 7) is 3.13. The molecular formula is C29H34BrFN4O4S. The molecule has 11 heteroatoms. The Balaban J connectivity index is 2.08. The van der Waals surface area contributed by atoms with Gasteiger partial charge in [-0.15, -0.1) is 0 Å². The van der Waals surface area contributed by atoms with Gasteiger partial charge in [-0.1, -0.05) is 58.4 Å². The number of hydrogen-bond donors (Lipinski definition) is 1. The molecule has 0 aliphatic carbocycles. The zero-order valence-corrected chi connectivity index (χ0v) is 25.3. The van der Waals surface area contributed by atoms with Gasteiger partial charge < -0.3 is 10.2 Å². The lowest BCUT2D eigenvalue weighted by Gasteiger charge is -2.34.